The van der Waals surface area contributed by atoms with Crippen LogP contribution < -0.4 is 14.4 Å². The number of amides is 1. The fraction of sp³-hybridized carbons (Fsp3) is 0.316. The van der Waals surface area contributed by atoms with Crippen LogP contribution in [0.5, 0.6) is 11.5 Å². The first kappa shape index (κ1) is 17.7. The predicted molar refractivity (Wildman–Crippen MR) is 99.4 cm³/mol. The molecule has 1 saturated heterocycles. The van der Waals surface area contributed by atoms with Crippen LogP contribution in [0.1, 0.15) is 5.56 Å². The molecular weight excluding hydrogens is 332 g/mol. The third kappa shape index (κ3) is 4.11. The van der Waals surface area contributed by atoms with Crippen LogP contribution in [0.15, 0.2) is 42.6 Å². The van der Waals surface area contributed by atoms with Crippen LogP contribution in [0.4, 0.5) is 5.82 Å². The van der Waals surface area contributed by atoms with Crippen molar-refractivity contribution < 1.29 is 14.3 Å². The van der Waals surface area contributed by atoms with E-state index < -0.39 is 0 Å². The Kier molecular flexibility index (Phi) is 5.68. The Balaban J connectivity index is 1.58. The topological polar surface area (TPSA) is 67.8 Å². The number of methoxy groups -OCH3 is 2. The van der Waals surface area contributed by atoms with Crippen molar-refractivity contribution in [2.75, 3.05) is 45.3 Å². The van der Waals surface area contributed by atoms with Gasteiger partial charge in [0.05, 0.1) is 14.2 Å². The van der Waals surface area contributed by atoms with Crippen LogP contribution >= 0.6 is 0 Å². The molecule has 0 saturated carbocycles. The number of piperazine rings is 1. The highest BCUT2D eigenvalue weighted by Crippen LogP contribution is 2.28. The highest BCUT2D eigenvalue weighted by molar-refractivity contribution is 5.92. The molecule has 26 heavy (non-hydrogen) atoms. The van der Waals surface area contributed by atoms with Crippen molar-refractivity contribution in [2.24, 2.45) is 0 Å². The standard InChI is InChI=1S/C19H22N4O3/c1-25-16-7-5-15(14-17(16)26-2)6-8-19(24)23-12-10-22(11-13-23)18-4-3-9-20-21-18/h3-9,14H,10-13H2,1-2H3/b8-6+. The van der Waals surface area contributed by atoms with E-state index in [-0.39, 0.29) is 5.91 Å². The lowest BCUT2D eigenvalue weighted by Gasteiger charge is -2.34. The SMILES string of the molecule is COc1ccc(/C=C/C(=O)N2CCN(c3cccnn3)CC2)cc1OC. The van der Waals surface area contributed by atoms with E-state index in [0.717, 1.165) is 24.5 Å². The molecule has 7 heteroatoms. The van der Waals surface area contributed by atoms with Crippen molar-refractivity contribution in [2.45, 2.75) is 0 Å². The first-order chi connectivity index (χ1) is 12.7. The Bertz CT molecular complexity index is 772. The molecule has 1 aliphatic heterocycles. The number of aromatic nitrogens is 2. The molecule has 1 aromatic carbocycles. The molecule has 1 aliphatic rings. The van der Waals surface area contributed by atoms with Gasteiger partial charge < -0.3 is 19.3 Å². The number of nitrogens with zero attached hydrogens (tertiary/aromatic N) is 4. The maximum atomic E-state index is 12.4. The van der Waals surface area contributed by atoms with Gasteiger partial charge in [0.2, 0.25) is 5.91 Å². The molecule has 136 valence electrons. The number of ether oxygens (including phenoxy) is 2. The third-order valence-corrected chi connectivity index (χ3v) is 4.30. The van der Waals surface area contributed by atoms with E-state index in [0.29, 0.717) is 24.6 Å². The highest BCUT2D eigenvalue weighted by atomic mass is 16.5. The first-order valence-corrected chi connectivity index (χ1v) is 8.43. The molecule has 2 heterocycles. The van der Waals surface area contributed by atoms with Gasteiger partial charge in [0.1, 0.15) is 0 Å². The zero-order valence-corrected chi connectivity index (χ0v) is 15.0. The van der Waals surface area contributed by atoms with E-state index in [1.165, 1.54) is 0 Å². The summed E-state index contributed by atoms with van der Waals surface area (Å²) in [6.07, 6.45) is 5.04. The van der Waals surface area contributed by atoms with E-state index in [4.69, 9.17) is 9.47 Å². The largest absolute Gasteiger partial charge is 0.493 e. The number of anilines is 1. The van der Waals surface area contributed by atoms with Gasteiger partial charge in [-0.15, -0.1) is 5.10 Å². The summed E-state index contributed by atoms with van der Waals surface area (Å²) in [4.78, 5) is 16.4. The minimum absolute atomic E-state index is 0.00131. The smallest absolute Gasteiger partial charge is 0.246 e. The minimum atomic E-state index is -0.00131. The molecule has 1 aromatic heterocycles. The molecule has 1 fully saturated rings. The van der Waals surface area contributed by atoms with Crippen LogP contribution in [0.3, 0.4) is 0 Å². The summed E-state index contributed by atoms with van der Waals surface area (Å²) in [5, 5.41) is 8.02. The van der Waals surface area contributed by atoms with Crippen molar-refractivity contribution >= 4 is 17.8 Å². The van der Waals surface area contributed by atoms with Crippen LogP contribution in [0, 0.1) is 0 Å². The number of rotatable bonds is 5. The molecular formula is C19H22N4O3. The molecule has 0 bridgehead atoms. The van der Waals surface area contributed by atoms with Gasteiger partial charge in [-0.25, -0.2) is 0 Å². The average Bonchev–Trinajstić information content (AvgIpc) is 2.72. The third-order valence-electron chi connectivity index (χ3n) is 4.30. The summed E-state index contributed by atoms with van der Waals surface area (Å²) in [5.74, 6) is 2.15. The maximum Gasteiger partial charge on any atom is 0.246 e. The van der Waals surface area contributed by atoms with Gasteiger partial charge in [-0.05, 0) is 35.9 Å². The second kappa shape index (κ2) is 8.33. The van der Waals surface area contributed by atoms with E-state index >= 15 is 0 Å². The monoisotopic (exact) mass is 354 g/mol. The summed E-state index contributed by atoms with van der Waals surface area (Å²) in [5.41, 5.74) is 0.884. The second-order valence-corrected chi connectivity index (χ2v) is 5.84. The van der Waals surface area contributed by atoms with Gasteiger partial charge in [0.25, 0.3) is 0 Å². The summed E-state index contributed by atoms with van der Waals surface area (Å²) in [7, 11) is 3.19. The van der Waals surface area contributed by atoms with Gasteiger partial charge in [0, 0.05) is 38.5 Å². The second-order valence-electron chi connectivity index (χ2n) is 5.84. The van der Waals surface area contributed by atoms with E-state index in [9.17, 15) is 4.79 Å². The fourth-order valence-corrected chi connectivity index (χ4v) is 2.85. The molecule has 1 amide bonds. The number of carbonyl (C=O) groups excluding carboxylic acids is 1. The number of benzene rings is 1. The molecule has 0 atom stereocenters. The lowest BCUT2D eigenvalue weighted by molar-refractivity contribution is -0.126. The predicted octanol–water partition coefficient (Wildman–Crippen LogP) is 1.86. The van der Waals surface area contributed by atoms with Crippen LogP contribution in [-0.4, -0.2) is 61.4 Å². The lowest BCUT2D eigenvalue weighted by Crippen LogP contribution is -2.48. The summed E-state index contributed by atoms with van der Waals surface area (Å²) >= 11 is 0. The molecule has 2 aromatic rings. The molecule has 3 rings (SSSR count). The van der Waals surface area contributed by atoms with Crippen molar-refractivity contribution in [3.8, 4) is 11.5 Å². The Labute approximate surface area is 152 Å². The molecule has 0 unspecified atom stereocenters. The molecule has 0 aliphatic carbocycles. The van der Waals surface area contributed by atoms with Gasteiger partial charge in [0.15, 0.2) is 17.3 Å². The minimum Gasteiger partial charge on any atom is -0.493 e. The highest BCUT2D eigenvalue weighted by Gasteiger charge is 2.20. The van der Waals surface area contributed by atoms with Crippen molar-refractivity contribution in [3.63, 3.8) is 0 Å². The Morgan fingerprint density at radius 3 is 2.50 bits per heavy atom. The van der Waals surface area contributed by atoms with E-state index in [1.807, 2.05) is 35.2 Å². The average molecular weight is 354 g/mol. The van der Waals surface area contributed by atoms with Crippen LogP contribution in [0.25, 0.3) is 6.08 Å². The maximum absolute atomic E-state index is 12.4. The van der Waals surface area contributed by atoms with Crippen LogP contribution in [-0.2, 0) is 4.79 Å². The van der Waals surface area contributed by atoms with Crippen LogP contribution in [0.2, 0.25) is 0 Å². The summed E-state index contributed by atoms with van der Waals surface area (Å²) in [6.45, 7) is 2.81. The molecule has 0 N–H and O–H groups in total. The van der Waals surface area contributed by atoms with Gasteiger partial charge in [-0.3, -0.25) is 4.79 Å². The first-order valence-electron chi connectivity index (χ1n) is 8.43. The van der Waals surface area contributed by atoms with Crippen molar-refractivity contribution in [1.82, 2.24) is 15.1 Å². The van der Waals surface area contributed by atoms with Crippen molar-refractivity contribution in [1.29, 1.82) is 0 Å². The zero-order chi connectivity index (χ0) is 18.4. The Hall–Kier alpha value is -3.09. The molecule has 0 spiro atoms. The molecule has 7 nitrogen and oxygen atoms in total. The van der Waals surface area contributed by atoms with Gasteiger partial charge in [-0.2, -0.15) is 5.10 Å². The van der Waals surface area contributed by atoms with E-state index in [1.54, 1.807) is 32.6 Å². The fourth-order valence-electron chi connectivity index (χ4n) is 2.85. The number of carbonyl (C=O) groups is 1. The van der Waals surface area contributed by atoms with Gasteiger partial charge in [-0.1, -0.05) is 6.07 Å². The lowest BCUT2D eigenvalue weighted by atomic mass is 10.2. The summed E-state index contributed by atoms with van der Waals surface area (Å²) in [6, 6.07) is 9.35. The Morgan fingerprint density at radius 1 is 1.08 bits per heavy atom. The Morgan fingerprint density at radius 2 is 1.85 bits per heavy atom. The number of hydrogen-bond donors (Lipinski definition) is 0. The normalized spacial score (nSPS) is 14.5. The van der Waals surface area contributed by atoms with Crippen molar-refractivity contribution in [3.05, 3.63) is 48.2 Å². The quantitative estimate of drug-likeness (QED) is 0.764. The zero-order valence-electron chi connectivity index (χ0n) is 15.0. The number of hydrogen-bond acceptors (Lipinski definition) is 6. The molecule has 0 radical (unpaired) electrons. The summed E-state index contributed by atoms with van der Waals surface area (Å²) < 4.78 is 10.5. The van der Waals surface area contributed by atoms with E-state index in [2.05, 4.69) is 15.1 Å². The van der Waals surface area contributed by atoms with Gasteiger partial charge >= 0.3 is 0 Å².